The zero-order chi connectivity index (χ0) is 14.1. The Balaban J connectivity index is 1.90. The summed E-state index contributed by atoms with van der Waals surface area (Å²) in [7, 11) is 0. The summed E-state index contributed by atoms with van der Waals surface area (Å²) in [5.41, 5.74) is 0.260. The number of rotatable bonds is 2. The zero-order valence-corrected chi connectivity index (χ0v) is 11.8. The highest BCUT2D eigenvalue weighted by atomic mass is 35.5. The molecule has 20 heavy (non-hydrogen) atoms. The Morgan fingerprint density at radius 1 is 1.45 bits per heavy atom. The molecule has 0 saturated carbocycles. The topological polar surface area (TPSA) is 56.8 Å². The standard InChI is InChI=1S/C13H15ClFN5/c1-8-7-20(6-5-16-8)13-17-12(18-19-13)11-9(14)3-2-4-10(11)15/h2-4,8,16H,5-7H2,1H3,(H,17,18,19)/t8-/m0/s1. The minimum absolute atomic E-state index is 0.260. The van der Waals surface area contributed by atoms with Gasteiger partial charge in [0.05, 0.1) is 10.6 Å². The molecule has 1 aliphatic rings. The van der Waals surface area contributed by atoms with Crippen molar-refractivity contribution in [3.05, 3.63) is 29.0 Å². The van der Waals surface area contributed by atoms with Gasteiger partial charge >= 0.3 is 0 Å². The molecule has 1 aromatic carbocycles. The molecule has 7 heteroatoms. The summed E-state index contributed by atoms with van der Waals surface area (Å²) in [5.74, 6) is 0.524. The largest absolute Gasteiger partial charge is 0.337 e. The molecule has 2 heterocycles. The minimum atomic E-state index is -0.408. The van der Waals surface area contributed by atoms with E-state index in [-0.39, 0.29) is 5.56 Å². The van der Waals surface area contributed by atoms with Crippen molar-refractivity contribution in [2.24, 2.45) is 0 Å². The molecule has 106 valence electrons. The maximum atomic E-state index is 13.9. The summed E-state index contributed by atoms with van der Waals surface area (Å²) in [6, 6.07) is 4.93. The third-order valence-electron chi connectivity index (χ3n) is 3.32. The number of hydrogen-bond donors (Lipinski definition) is 2. The van der Waals surface area contributed by atoms with Crippen molar-refractivity contribution in [1.82, 2.24) is 20.5 Å². The lowest BCUT2D eigenvalue weighted by molar-refractivity contribution is 0.480. The smallest absolute Gasteiger partial charge is 0.245 e. The molecule has 1 fully saturated rings. The number of H-pyrrole nitrogens is 1. The van der Waals surface area contributed by atoms with Crippen LogP contribution in [0.3, 0.4) is 0 Å². The zero-order valence-electron chi connectivity index (χ0n) is 11.0. The van der Waals surface area contributed by atoms with E-state index in [1.54, 1.807) is 12.1 Å². The number of aromatic nitrogens is 3. The third kappa shape index (κ3) is 2.48. The SMILES string of the molecule is C[C@H]1CN(c2n[nH]c(-c3c(F)cccc3Cl)n2)CCN1. The van der Waals surface area contributed by atoms with E-state index in [1.165, 1.54) is 6.07 Å². The summed E-state index contributed by atoms with van der Waals surface area (Å²) in [6.45, 7) is 4.63. The van der Waals surface area contributed by atoms with Gasteiger partial charge in [-0.25, -0.2) is 4.39 Å². The van der Waals surface area contributed by atoms with Crippen molar-refractivity contribution in [2.75, 3.05) is 24.5 Å². The number of aromatic amines is 1. The first-order chi connectivity index (χ1) is 9.65. The average molecular weight is 296 g/mol. The van der Waals surface area contributed by atoms with Crippen LogP contribution in [0, 0.1) is 5.82 Å². The Morgan fingerprint density at radius 3 is 3.05 bits per heavy atom. The van der Waals surface area contributed by atoms with Crippen LogP contribution in [0.1, 0.15) is 6.92 Å². The van der Waals surface area contributed by atoms with Crippen LogP contribution >= 0.6 is 11.6 Å². The molecule has 0 spiro atoms. The highest BCUT2D eigenvalue weighted by molar-refractivity contribution is 6.33. The van der Waals surface area contributed by atoms with E-state index < -0.39 is 5.82 Å². The van der Waals surface area contributed by atoms with Crippen LogP contribution in [0.25, 0.3) is 11.4 Å². The first-order valence-corrected chi connectivity index (χ1v) is 6.88. The number of nitrogens with one attached hydrogen (secondary N) is 2. The number of anilines is 1. The van der Waals surface area contributed by atoms with Gasteiger partial charge in [0.25, 0.3) is 0 Å². The molecule has 0 amide bonds. The number of halogens is 2. The molecule has 3 rings (SSSR count). The average Bonchev–Trinajstić information content (AvgIpc) is 2.88. The van der Waals surface area contributed by atoms with Gasteiger partial charge in [-0.3, -0.25) is 5.10 Å². The molecule has 0 aliphatic carbocycles. The monoisotopic (exact) mass is 295 g/mol. The summed E-state index contributed by atoms with van der Waals surface area (Å²) in [5, 5.41) is 10.6. The van der Waals surface area contributed by atoms with Crippen LogP contribution in [0.15, 0.2) is 18.2 Å². The van der Waals surface area contributed by atoms with E-state index in [9.17, 15) is 4.39 Å². The Morgan fingerprint density at radius 2 is 2.30 bits per heavy atom. The first kappa shape index (κ1) is 13.3. The van der Waals surface area contributed by atoms with Gasteiger partial charge in [0.15, 0.2) is 5.82 Å². The van der Waals surface area contributed by atoms with Crippen molar-refractivity contribution in [2.45, 2.75) is 13.0 Å². The van der Waals surface area contributed by atoms with Crippen LogP contribution in [0.5, 0.6) is 0 Å². The molecular weight excluding hydrogens is 281 g/mol. The van der Waals surface area contributed by atoms with E-state index in [0.717, 1.165) is 19.6 Å². The van der Waals surface area contributed by atoms with Gasteiger partial charge in [0, 0.05) is 25.7 Å². The van der Waals surface area contributed by atoms with Gasteiger partial charge in [0.2, 0.25) is 5.95 Å². The fraction of sp³-hybridized carbons (Fsp3) is 0.385. The molecule has 1 aliphatic heterocycles. The number of piperazine rings is 1. The molecular formula is C13H15ClFN5. The normalized spacial score (nSPS) is 19.4. The fourth-order valence-corrected chi connectivity index (χ4v) is 2.60. The van der Waals surface area contributed by atoms with Crippen LogP contribution in [0.2, 0.25) is 5.02 Å². The Kier molecular flexibility index (Phi) is 3.58. The summed E-state index contributed by atoms with van der Waals surface area (Å²) in [6.07, 6.45) is 0. The van der Waals surface area contributed by atoms with E-state index in [4.69, 9.17) is 11.6 Å². The molecule has 0 unspecified atom stereocenters. The predicted octanol–water partition coefficient (Wildman–Crippen LogP) is 2.06. The minimum Gasteiger partial charge on any atom is -0.337 e. The molecule has 1 saturated heterocycles. The van der Waals surface area contributed by atoms with Crippen molar-refractivity contribution >= 4 is 17.5 Å². The van der Waals surface area contributed by atoms with E-state index in [0.29, 0.717) is 22.8 Å². The maximum absolute atomic E-state index is 13.9. The van der Waals surface area contributed by atoms with Gasteiger partial charge in [0.1, 0.15) is 5.82 Å². The number of benzene rings is 1. The Bertz CT molecular complexity index is 594. The lowest BCUT2D eigenvalue weighted by atomic mass is 10.2. The van der Waals surface area contributed by atoms with Crippen molar-refractivity contribution in [1.29, 1.82) is 0 Å². The Labute approximate surface area is 121 Å². The highest BCUT2D eigenvalue weighted by Gasteiger charge is 2.21. The highest BCUT2D eigenvalue weighted by Crippen LogP contribution is 2.28. The quantitative estimate of drug-likeness (QED) is 0.890. The van der Waals surface area contributed by atoms with Crippen LogP contribution in [0.4, 0.5) is 10.3 Å². The molecule has 2 aromatic rings. The summed E-state index contributed by atoms with van der Waals surface area (Å²) in [4.78, 5) is 6.43. The second-order valence-electron chi connectivity index (χ2n) is 4.88. The van der Waals surface area contributed by atoms with Crippen LogP contribution < -0.4 is 10.2 Å². The van der Waals surface area contributed by atoms with Gasteiger partial charge < -0.3 is 10.2 Å². The summed E-state index contributed by atoms with van der Waals surface area (Å²) >= 11 is 6.03. The van der Waals surface area contributed by atoms with Crippen LogP contribution in [-0.2, 0) is 0 Å². The van der Waals surface area contributed by atoms with E-state index in [2.05, 4.69) is 32.3 Å². The fourth-order valence-electron chi connectivity index (χ4n) is 2.34. The van der Waals surface area contributed by atoms with Crippen molar-refractivity contribution in [3.8, 4) is 11.4 Å². The van der Waals surface area contributed by atoms with Gasteiger partial charge in [-0.05, 0) is 19.1 Å². The maximum Gasteiger partial charge on any atom is 0.245 e. The third-order valence-corrected chi connectivity index (χ3v) is 3.64. The molecule has 1 atom stereocenters. The molecule has 0 bridgehead atoms. The van der Waals surface area contributed by atoms with Crippen LogP contribution in [-0.4, -0.2) is 40.9 Å². The molecule has 5 nitrogen and oxygen atoms in total. The van der Waals surface area contributed by atoms with Crippen molar-refractivity contribution in [3.63, 3.8) is 0 Å². The first-order valence-electron chi connectivity index (χ1n) is 6.50. The lowest BCUT2D eigenvalue weighted by Crippen LogP contribution is -2.49. The van der Waals surface area contributed by atoms with E-state index >= 15 is 0 Å². The Hall–Kier alpha value is -1.66. The number of hydrogen-bond acceptors (Lipinski definition) is 4. The number of nitrogens with zero attached hydrogens (tertiary/aromatic N) is 3. The molecule has 0 radical (unpaired) electrons. The molecule has 1 aromatic heterocycles. The second-order valence-corrected chi connectivity index (χ2v) is 5.29. The van der Waals surface area contributed by atoms with Gasteiger partial charge in [-0.2, -0.15) is 4.98 Å². The van der Waals surface area contributed by atoms with E-state index in [1.807, 2.05) is 0 Å². The molecule has 2 N–H and O–H groups in total. The van der Waals surface area contributed by atoms with Gasteiger partial charge in [-0.15, -0.1) is 5.10 Å². The lowest BCUT2D eigenvalue weighted by Gasteiger charge is -2.30. The van der Waals surface area contributed by atoms with Crippen molar-refractivity contribution < 1.29 is 4.39 Å². The second kappa shape index (κ2) is 5.38. The summed E-state index contributed by atoms with van der Waals surface area (Å²) < 4.78 is 13.9. The van der Waals surface area contributed by atoms with Gasteiger partial charge in [-0.1, -0.05) is 17.7 Å². The predicted molar refractivity (Wildman–Crippen MR) is 76.5 cm³/mol.